The van der Waals surface area contributed by atoms with Gasteiger partial charge in [-0.15, -0.1) is 0 Å². The molecule has 88 valence electrons. The van der Waals surface area contributed by atoms with E-state index in [0.29, 0.717) is 0 Å². The second kappa shape index (κ2) is 5.62. The predicted molar refractivity (Wildman–Crippen MR) is 72.9 cm³/mol. The van der Waals surface area contributed by atoms with Gasteiger partial charge in [-0.3, -0.25) is 0 Å². The third kappa shape index (κ3) is 3.28. The Kier molecular flexibility index (Phi) is 4.15. The van der Waals surface area contributed by atoms with Crippen LogP contribution in [0, 0.1) is 0 Å². The molecular formula is C12H12BrN3S. The van der Waals surface area contributed by atoms with Crippen LogP contribution in [0.4, 0.5) is 0 Å². The summed E-state index contributed by atoms with van der Waals surface area (Å²) in [5.74, 6) is 0. The Morgan fingerprint density at radius 3 is 2.71 bits per heavy atom. The minimum Gasteiger partial charge on any atom is -0.324 e. The highest BCUT2D eigenvalue weighted by molar-refractivity contribution is 9.10. The molecule has 5 heteroatoms. The molecule has 0 aliphatic rings. The molecule has 2 rings (SSSR count). The van der Waals surface area contributed by atoms with Gasteiger partial charge in [0.25, 0.3) is 0 Å². The summed E-state index contributed by atoms with van der Waals surface area (Å²) in [6, 6.07) is 7.83. The molecule has 0 fully saturated rings. The minimum atomic E-state index is 0.0168. The topological polar surface area (TPSA) is 51.8 Å². The van der Waals surface area contributed by atoms with Crippen molar-refractivity contribution < 1.29 is 0 Å². The van der Waals surface area contributed by atoms with Crippen molar-refractivity contribution in [3.63, 3.8) is 0 Å². The molecule has 2 N–H and O–H groups in total. The van der Waals surface area contributed by atoms with E-state index >= 15 is 0 Å². The van der Waals surface area contributed by atoms with E-state index in [0.717, 1.165) is 20.1 Å². The van der Waals surface area contributed by atoms with Crippen molar-refractivity contribution >= 4 is 27.7 Å². The normalized spacial score (nSPS) is 12.4. The Balaban J connectivity index is 2.17. The average Bonchev–Trinajstić information content (AvgIpc) is 2.33. The van der Waals surface area contributed by atoms with E-state index in [1.807, 2.05) is 37.4 Å². The first-order chi connectivity index (χ1) is 8.16. The number of rotatable bonds is 3. The lowest BCUT2D eigenvalue weighted by atomic mass is 10.2. The van der Waals surface area contributed by atoms with Crippen molar-refractivity contribution in [2.45, 2.75) is 23.0 Å². The summed E-state index contributed by atoms with van der Waals surface area (Å²) in [5.41, 5.74) is 6.81. The zero-order valence-electron chi connectivity index (χ0n) is 9.30. The Morgan fingerprint density at radius 2 is 2.12 bits per heavy atom. The highest BCUT2D eigenvalue weighted by atomic mass is 79.9. The van der Waals surface area contributed by atoms with E-state index in [4.69, 9.17) is 5.73 Å². The lowest BCUT2D eigenvalue weighted by Crippen LogP contribution is -2.04. The Labute approximate surface area is 113 Å². The van der Waals surface area contributed by atoms with Crippen LogP contribution in [0.1, 0.15) is 18.5 Å². The van der Waals surface area contributed by atoms with Crippen molar-refractivity contribution in [2.75, 3.05) is 0 Å². The third-order valence-corrected chi connectivity index (χ3v) is 4.08. The van der Waals surface area contributed by atoms with E-state index in [2.05, 4.69) is 25.9 Å². The molecule has 0 bridgehead atoms. The van der Waals surface area contributed by atoms with Crippen LogP contribution in [0.25, 0.3) is 0 Å². The van der Waals surface area contributed by atoms with Crippen LogP contribution < -0.4 is 5.73 Å². The van der Waals surface area contributed by atoms with Crippen LogP contribution in [-0.4, -0.2) is 9.97 Å². The molecule has 0 spiro atoms. The van der Waals surface area contributed by atoms with Gasteiger partial charge in [-0.1, -0.05) is 6.07 Å². The summed E-state index contributed by atoms with van der Waals surface area (Å²) in [7, 11) is 0. The van der Waals surface area contributed by atoms with E-state index < -0.39 is 0 Å². The SMILES string of the molecule is CC(N)c1ccc(Sc2ncccc2Br)nc1. The van der Waals surface area contributed by atoms with Gasteiger partial charge in [-0.25, -0.2) is 9.97 Å². The second-order valence-electron chi connectivity index (χ2n) is 3.61. The van der Waals surface area contributed by atoms with Crippen molar-refractivity contribution in [3.8, 4) is 0 Å². The van der Waals surface area contributed by atoms with Crippen molar-refractivity contribution in [3.05, 3.63) is 46.7 Å². The molecule has 1 unspecified atom stereocenters. The van der Waals surface area contributed by atoms with Crippen molar-refractivity contribution in [1.82, 2.24) is 9.97 Å². The maximum Gasteiger partial charge on any atom is 0.116 e. The van der Waals surface area contributed by atoms with Crippen LogP contribution in [0.5, 0.6) is 0 Å². The van der Waals surface area contributed by atoms with Gasteiger partial charge in [-0.05, 0) is 58.4 Å². The molecule has 0 aliphatic carbocycles. The van der Waals surface area contributed by atoms with Gasteiger partial charge in [0.2, 0.25) is 0 Å². The molecule has 0 radical (unpaired) electrons. The largest absolute Gasteiger partial charge is 0.324 e. The molecular weight excluding hydrogens is 298 g/mol. The fourth-order valence-electron chi connectivity index (χ4n) is 1.27. The third-order valence-electron chi connectivity index (χ3n) is 2.21. The number of aromatic nitrogens is 2. The molecule has 2 heterocycles. The first kappa shape index (κ1) is 12.5. The van der Waals surface area contributed by atoms with Crippen LogP contribution >= 0.6 is 27.7 Å². The van der Waals surface area contributed by atoms with E-state index in [1.54, 1.807) is 6.20 Å². The molecule has 0 saturated heterocycles. The molecule has 1 atom stereocenters. The summed E-state index contributed by atoms with van der Waals surface area (Å²) in [6.07, 6.45) is 3.58. The molecule has 0 aliphatic heterocycles. The Hall–Kier alpha value is -0.910. The fraction of sp³-hybridized carbons (Fsp3) is 0.167. The summed E-state index contributed by atoms with van der Waals surface area (Å²) in [5, 5.41) is 1.82. The highest BCUT2D eigenvalue weighted by Gasteiger charge is 2.05. The van der Waals surface area contributed by atoms with E-state index in [-0.39, 0.29) is 6.04 Å². The van der Waals surface area contributed by atoms with Crippen LogP contribution in [0.2, 0.25) is 0 Å². The van der Waals surface area contributed by atoms with Gasteiger partial charge < -0.3 is 5.73 Å². The number of hydrogen-bond acceptors (Lipinski definition) is 4. The van der Waals surface area contributed by atoms with Gasteiger partial charge in [-0.2, -0.15) is 0 Å². The Bertz CT molecular complexity index is 499. The zero-order chi connectivity index (χ0) is 12.3. The quantitative estimate of drug-likeness (QED) is 0.944. The van der Waals surface area contributed by atoms with Crippen molar-refractivity contribution in [1.29, 1.82) is 0 Å². The van der Waals surface area contributed by atoms with Crippen LogP contribution in [0.15, 0.2) is 51.2 Å². The molecule has 17 heavy (non-hydrogen) atoms. The summed E-state index contributed by atoms with van der Waals surface area (Å²) in [6.45, 7) is 1.94. The standard InChI is InChI=1S/C12H12BrN3S/c1-8(14)9-4-5-11(16-7-9)17-12-10(13)3-2-6-15-12/h2-8H,14H2,1H3. The zero-order valence-corrected chi connectivity index (χ0v) is 11.7. The average molecular weight is 310 g/mol. The number of pyridine rings is 2. The van der Waals surface area contributed by atoms with Crippen LogP contribution in [0.3, 0.4) is 0 Å². The number of nitrogens with zero attached hydrogens (tertiary/aromatic N) is 2. The fourth-order valence-corrected chi connectivity index (χ4v) is 2.48. The maximum atomic E-state index is 5.77. The second-order valence-corrected chi connectivity index (χ2v) is 5.47. The summed E-state index contributed by atoms with van der Waals surface area (Å²) >= 11 is 4.99. The molecule has 0 amide bonds. The molecule has 2 aromatic rings. The van der Waals surface area contributed by atoms with Gasteiger partial charge >= 0.3 is 0 Å². The lowest BCUT2D eigenvalue weighted by Gasteiger charge is -2.06. The molecule has 0 aromatic carbocycles. The van der Waals surface area contributed by atoms with Crippen molar-refractivity contribution in [2.24, 2.45) is 5.73 Å². The van der Waals surface area contributed by atoms with Gasteiger partial charge in [0.1, 0.15) is 10.1 Å². The van der Waals surface area contributed by atoms with Gasteiger partial charge in [0.05, 0.1) is 4.47 Å². The Morgan fingerprint density at radius 1 is 1.29 bits per heavy atom. The molecule has 3 nitrogen and oxygen atoms in total. The number of hydrogen-bond donors (Lipinski definition) is 1. The number of halogens is 1. The van der Waals surface area contributed by atoms with E-state index in [9.17, 15) is 0 Å². The predicted octanol–water partition coefficient (Wildman–Crippen LogP) is 3.41. The lowest BCUT2D eigenvalue weighted by molar-refractivity contribution is 0.806. The first-order valence-corrected chi connectivity index (χ1v) is 6.77. The minimum absolute atomic E-state index is 0.0168. The first-order valence-electron chi connectivity index (χ1n) is 5.16. The monoisotopic (exact) mass is 309 g/mol. The summed E-state index contributed by atoms with van der Waals surface area (Å²) < 4.78 is 0.975. The van der Waals surface area contributed by atoms with Gasteiger partial charge in [0, 0.05) is 18.4 Å². The van der Waals surface area contributed by atoms with Crippen LogP contribution in [-0.2, 0) is 0 Å². The number of nitrogens with two attached hydrogens (primary N) is 1. The van der Waals surface area contributed by atoms with Gasteiger partial charge in [0.15, 0.2) is 0 Å². The maximum absolute atomic E-state index is 5.77. The molecule has 0 saturated carbocycles. The summed E-state index contributed by atoms with van der Waals surface area (Å²) in [4.78, 5) is 8.64. The van der Waals surface area contributed by atoms with E-state index in [1.165, 1.54) is 11.8 Å². The smallest absolute Gasteiger partial charge is 0.116 e. The molecule has 2 aromatic heterocycles. The highest BCUT2D eigenvalue weighted by Crippen LogP contribution is 2.30.